The Morgan fingerprint density at radius 2 is 1.90 bits per heavy atom. The summed E-state index contributed by atoms with van der Waals surface area (Å²) in [5, 5.41) is 4.71. The minimum absolute atomic E-state index is 0.120. The van der Waals surface area contributed by atoms with Crippen molar-refractivity contribution in [2.45, 2.75) is 26.8 Å². The maximum absolute atomic E-state index is 12.2. The predicted octanol–water partition coefficient (Wildman–Crippen LogP) is -0.859. The first-order valence-corrected chi connectivity index (χ1v) is 6.34. The molecule has 2 aliphatic heterocycles. The summed E-state index contributed by atoms with van der Waals surface area (Å²) in [4.78, 5) is 48.8. The smallest absolute Gasteiger partial charge is 0.355 e. The number of esters is 1. The van der Waals surface area contributed by atoms with Gasteiger partial charge in [-0.2, -0.15) is 5.10 Å². The number of carbonyl (C=O) groups excluding carboxylic acids is 4. The van der Waals surface area contributed by atoms with Crippen LogP contribution in [0.5, 0.6) is 0 Å². The van der Waals surface area contributed by atoms with Gasteiger partial charge in [0.15, 0.2) is 11.8 Å². The van der Waals surface area contributed by atoms with Gasteiger partial charge >= 0.3 is 5.97 Å². The second-order valence-corrected chi connectivity index (χ2v) is 4.41. The van der Waals surface area contributed by atoms with Crippen LogP contribution in [0.4, 0.5) is 0 Å². The third-order valence-corrected chi connectivity index (χ3v) is 3.26. The number of carbonyl (C=O) groups is 4. The van der Waals surface area contributed by atoms with E-state index in [0.717, 1.165) is 9.91 Å². The van der Waals surface area contributed by atoms with Crippen molar-refractivity contribution in [3.63, 3.8) is 0 Å². The average molecular weight is 281 g/mol. The van der Waals surface area contributed by atoms with E-state index in [-0.39, 0.29) is 18.9 Å². The number of fused-ring (bicyclic) bond motifs is 1. The van der Waals surface area contributed by atoms with Gasteiger partial charge < -0.3 is 4.74 Å². The fourth-order valence-corrected chi connectivity index (χ4v) is 2.42. The van der Waals surface area contributed by atoms with Crippen LogP contribution in [0.2, 0.25) is 0 Å². The summed E-state index contributed by atoms with van der Waals surface area (Å²) in [5.41, 5.74) is -0.179. The molecule has 0 saturated carbocycles. The van der Waals surface area contributed by atoms with Gasteiger partial charge in [0, 0.05) is 13.5 Å². The number of amides is 3. The molecule has 0 unspecified atom stereocenters. The van der Waals surface area contributed by atoms with Crippen molar-refractivity contribution >= 4 is 29.4 Å². The largest absolute Gasteiger partial charge is 0.461 e. The van der Waals surface area contributed by atoms with Crippen LogP contribution in [0.15, 0.2) is 5.10 Å². The first-order chi connectivity index (χ1) is 9.43. The first kappa shape index (κ1) is 14.2. The molecule has 3 amide bonds. The van der Waals surface area contributed by atoms with Crippen LogP contribution in [0.3, 0.4) is 0 Å². The summed E-state index contributed by atoms with van der Waals surface area (Å²) in [6.45, 7) is 4.80. The molecule has 0 aliphatic carbocycles. The second-order valence-electron chi connectivity index (χ2n) is 4.41. The summed E-state index contributed by atoms with van der Waals surface area (Å²) >= 11 is 0. The molecule has 20 heavy (non-hydrogen) atoms. The highest BCUT2D eigenvalue weighted by Gasteiger charge is 2.58. The molecule has 2 aliphatic rings. The number of likely N-dealkylation sites (N-methyl/N-ethyl adjacent to an activating group) is 1. The van der Waals surface area contributed by atoms with Crippen molar-refractivity contribution in [3.05, 3.63) is 0 Å². The number of likely N-dealkylation sites (tertiary alicyclic amines) is 1. The standard InChI is InChI=1S/C12H15N3O5/c1-4-14-10(17)7-8(12(19)20-5-2)13-15(6(3)16)9(7)11(14)18/h7,9H,4-5H2,1-3H3/t7-,9+/m1/s1. The molecule has 0 aromatic carbocycles. The van der Waals surface area contributed by atoms with E-state index in [1.54, 1.807) is 13.8 Å². The molecule has 0 spiro atoms. The number of hydrazone groups is 1. The molecule has 2 heterocycles. The molecular weight excluding hydrogens is 266 g/mol. The Morgan fingerprint density at radius 1 is 1.25 bits per heavy atom. The van der Waals surface area contributed by atoms with Gasteiger partial charge in [0.05, 0.1) is 6.61 Å². The Labute approximate surface area is 115 Å². The predicted molar refractivity (Wildman–Crippen MR) is 66.3 cm³/mol. The van der Waals surface area contributed by atoms with Crippen LogP contribution in [-0.2, 0) is 23.9 Å². The topological polar surface area (TPSA) is 96.3 Å². The second kappa shape index (κ2) is 5.03. The van der Waals surface area contributed by atoms with E-state index in [4.69, 9.17) is 4.74 Å². The van der Waals surface area contributed by atoms with E-state index < -0.39 is 35.7 Å². The Bertz CT molecular complexity index is 527. The number of hydrogen-bond acceptors (Lipinski definition) is 6. The summed E-state index contributed by atoms with van der Waals surface area (Å²) in [7, 11) is 0. The monoisotopic (exact) mass is 281 g/mol. The zero-order valence-corrected chi connectivity index (χ0v) is 11.5. The highest BCUT2D eigenvalue weighted by atomic mass is 16.5. The zero-order valence-electron chi connectivity index (χ0n) is 11.5. The molecule has 1 saturated heterocycles. The minimum atomic E-state index is -1.06. The van der Waals surface area contributed by atoms with Crippen molar-refractivity contribution in [1.82, 2.24) is 9.91 Å². The number of rotatable bonds is 3. The number of nitrogens with zero attached hydrogens (tertiary/aromatic N) is 3. The molecule has 2 rings (SSSR count). The van der Waals surface area contributed by atoms with E-state index >= 15 is 0 Å². The Morgan fingerprint density at radius 3 is 2.40 bits per heavy atom. The maximum Gasteiger partial charge on any atom is 0.355 e. The van der Waals surface area contributed by atoms with E-state index in [1.165, 1.54) is 6.92 Å². The minimum Gasteiger partial charge on any atom is -0.461 e. The fraction of sp³-hybridized carbons (Fsp3) is 0.583. The van der Waals surface area contributed by atoms with Crippen LogP contribution in [0.1, 0.15) is 20.8 Å². The SMILES string of the molecule is CCOC(=O)C1=NN(C(C)=O)[C@@H]2C(=O)N(CC)C(=O)[C@H]12. The molecule has 8 nitrogen and oxygen atoms in total. The zero-order chi connectivity index (χ0) is 15.0. The molecule has 0 aromatic heterocycles. The summed E-state index contributed by atoms with van der Waals surface area (Å²) in [5.74, 6) is -3.35. The van der Waals surface area contributed by atoms with Crippen molar-refractivity contribution < 1.29 is 23.9 Å². The first-order valence-electron chi connectivity index (χ1n) is 6.34. The van der Waals surface area contributed by atoms with Gasteiger partial charge in [-0.15, -0.1) is 0 Å². The van der Waals surface area contributed by atoms with Crippen LogP contribution >= 0.6 is 0 Å². The molecular formula is C12H15N3O5. The molecule has 8 heteroatoms. The van der Waals surface area contributed by atoms with Crippen molar-refractivity contribution in [2.75, 3.05) is 13.2 Å². The van der Waals surface area contributed by atoms with Gasteiger partial charge in [-0.3, -0.25) is 19.3 Å². The molecule has 2 atom stereocenters. The molecule has 0 radical (unpaired) electrons. The van der Waals surface area contributed by atoms with Crippen LogP contribution in [0, 0.1) is 5.92 Å². The van der Waals surface area contributed by atoms with E-state index in [0.29, 0.717) is 0 Å². The summed E-state index contributed by atoms with van der Waals surface area (Å²) < 4.78 is 4.82. The third-order valence-electron chi connectivity index (χ3n) is 3.26. The van der Waals surface area contributed by atoms with E-state index in [2.05, 4.69) is 5.10 Å². The highest BCUT2D eigenvalue weighted by Crippen LogP contribution is 2.32. The molecule has 0 N–H and O–H groups in total. The van der Waals surface area contributed by atoms with Crippen LogP contribution in [-0.4, -0.2) is 58.5 Å². The van der Waals surface area contributed by atoms with E-state index in [9.17, 15) is 19.2 Å². The Kier molecular flexibility index (Phi) is 3.56. The third kappa shape index (κ3) is 1.87. The molecule has 0 bridgehead atoms. The quantitative estimate of drug-likeness (QED) is 0.495. The van der Waals surface area contributed by atoms with Crippen molar-refractivity contribution in [1.29, 1.82) is 0 Å². The normalized spacial score (nSPS) is 24.9. The fourth-order valence-electron chi connectivity index (χ4n) is 2.42. The maximum atomic E-state index is 12.2. The number of ether oxygens (including phenoxy) is 1. The van der Waals surface area contributed by atoms with Crippen LogP contribution < -0.4 is 0 Å². The van der Waals surface area contributed by atoms with E-state index in [1.807, 2.05) is 0 Å². The van der Waals surface area contributed by atoms with Gasteiger partial charge in [-0.1, -0.05) is 0 Å². The van der Waals surface area contributed by atoms with Crippen LogP contribution in [0.25, 0.3) is 0 Å². The Hall–Kier alpha value is -2.25. The average Bonchev–Trinajstić information content (AvgIpc) is 2.89. The van der Waals surface area contributed by atoms with Crippen molar-refractivity contribution in [2.24, 2.45) is 11.0 Å². The highest BCUT2D eigenvalue weighted by molar-refractivity contribution is 6.44. The lowest BCUT2D eigenvalue weighted by molar-refractivity contribution is -0.143. The molecule has 1 fully saturated rings. The van der Waals surface area contributed by atoms with Gasteiger partial charge in [0.2, 0.25) is 11.8 Å². The Balaban J connectivity index is 2.42. The molecule has 108 valence electrons. The lowest BCUT2D eigenvalue weighted by Gasteiger charge is -2.17. The number of hydrogen-bond donors (Lipinski definition) is 0. The van der Waals surface area contributed by atoms with Crippen molar-refractivity contribution in [3.8, 4) is 0 Å². The number of imide groups is 1. The van der Waals surface area contributed by atoms with Gasteiger partial charge in [0.25, 0.3) is 5.91 Å². The van der Waals surface area contributed by atoms with Gasteiger partial charge in [-0.05, 0) is 13.8 Å². The summed E-state index contributed by atoms with van der Waals surface area (Å²) in [6.07, 6.45) is 0. The summed E-state index contributed by atoms with van der Waals surface area (Å²) in [6, 6.07) is -1.06. The van der Waals surface area contributed by atoms with Gasteiger partial charge in [-0.25, -0.2) is 9.80 Å². The lowest BCUT2D eigenvalue weighted by Crippen LogP contribution is -2.41. The van der Waals surface area contributed by atoms with Gasteiger partial charge in [0.1, 0.15) is 5.92 Å². The molecule has 0 aromatic rings. The lowest BCUT2D eigenvalue weighted by atomic mass is 9.98.